The normalized spacial score (nSPS) is 12.5. The van der Waals surface area contributed by atoms with Crippen molar-refractivity contribution in [3.63, 3.8) is 0 Å². The zero-order valence-corrected chi connectivity index (χ0v) is 20.8. The molecule has 1 heterocycles. The number of unbranched alkanes of at least 4 members (excludes halogenated alkanes) is 1. The second kappa shape index (κ2) is 11.9. The number of benzene rings is 2. The Labute approximate surface area is 198 Å². The summed E-state index contributed by atoms with van der Waals surface area (Å²) >= 11 is 0. The topological polar surface area (TPSA) is 56.2 Å². The Morgan fingerprint density at radius 3 is 2.36 bits per heavy atom. The Balaban J connectivity index is 1.61. The van der Waals surface area contributed by atoms with Crippen LogP contribution in [0.25, 0.3) is 11.0 Å². The van der Waals surface area contributed by atoms with Crippen molar-refractivity contribution in [2.75, 3.05) is 6.61 Å². The van der Waals surface area contributed by atoms with E-state index in [9.17, 15) is 4.79 Å². The van der Waals surface area contributed by atoms with E-state index in [2.05, 4.69) is 67.9 Å². The maximum atomic E-state index is 12.6. The third-order valence-corrected chi connectivity index (χ3v) is 6.38. The number of amides is 1. The first kappa shape index (κ1) is 24.8. The molecule has 33 heavy (non-hydrogen) atoms. The summed E-state index contributed by atoms with van der Waals surface area (Å²) in [5, 5.41) is 3.19. The molecule has 1 N–H and O–H groups in total. The van der Waals surface area contributed by atoms with E-state index < -0.39 is 0 Å². The van der Waals surface area contributed by atoms with Crippen LogP contribution >= 0.6 is 0 Å². The SMILES string of the molecule is CCC(CC)C(=O)NC(C)c1nc2ccccc2n1CCCCOc1ccc(C(C)C)cc1. The van der Waals surface area contributed by atoms with Gasteiger partial charge in [-0.15, -0.1) is 0 Å². The molecule has 5 heteroatoms. The number of fused-ring (bicyclic) bond motifs is 1. The molecule has 0 spiro atoms. The molecule has 3 aromatic rings. The van der Waals surface area contributed by atoms with Crippen LogP contribution in [-0.4, -0.2) is 22.1 Å². The van der Waals surface area contributed by atoms with Crippen molar-refractivity contribution < 1.29 is 9.53 Å². The lowest BCUT2D eigenvalue weighted by molar-refractivity contribution is -0.125. The first-order valence-electron chi connectivity index (χ1n) is 12.4. The van der Waals surface area contributed by atoms with Crippen LogP contribution in [0.1, 0.15) is 83.6 Å². The minimum Gasteiger partial charge on any atom is -0.494 e. The lowest BCUT2D eigenvalue weighted by Crippen LogP contribution is -2.33. The van der Waals surface area contributed by atoms with Crippen molar-refractivity contribution in [2.24, 2.45) is 5.92 Å². The van der Waals surface area contributed by atoms with Gasteiger partial charge >= 0.3 is 0 Å². The molecule has 1 atom stereocenters. The van der Waals surface area contributed by atoms with Crippen LogP contribution in [0, 0.1) is 5.92 Å². The predicted molar refractivity (Wildman–Crippen MR) is 136 cm³/mol. The van der Waals surface area contributed by atoms with Crippen LogP contribution in [0.5, 0.6) is 5.75 Å². The van der Waals surface area contributed by atoms with Gasteiger partial charge in [-0.3, -0.25) is 4.79 Å². The van der Waals surface area contributed by atoms with Crippen LogP contribution in [0.2, 0.25) is 0 Å². The van der Waals surface area contributed by atoms with E-state index >= 15 is 0 Å². The molecule has 0 bridgehead atoms. The predicted octanol–water partition coefficient (Wildman–Crippen LogP) is 6.63. The highest BCUT2D eigenvalue weighted by Crippen LogP contribution is 2.23. The number of rotatable bonds is 12. The van der Waals surface area contributed by atoms with Crippen molar-refractivity contribution >= 4 is 16.9 Å². The van der Waals surface area contributed by atoms with Gasteiger partial charge in [-0.2, -0.15) is 0 Å². The Morgan fingerprint density at radius 2 is 1.70 bits per heavy atom. The number of hydrogen-bond acceptors (Lipinski definition) is 3. The highest BCUT2D eigenvalue weighted by molar-refractivity contribution is 5.79. The van der Waals surface area contributed by atoms with Gasteiger partial charge in [-0.1, -0.05) is 52.0 Å². The van der Waals surface area contributed by atoms with E-state index in [1.807, 2.05) is 25.1 Å². The van der Waals surface area contributed by atoms with Gasteiger partial charge in [-0.05, 0) is 68.4 Å². The van der Waals surface area contributed by atoms with Crippen molar-refractivity contribution in [3.8, 4) is 5.75 Å². The summed E-state index contributed by atoms with van der Waals surface area (Å²) in [6.07, 6.45) is 3.63. The number of nitrogens with zero attached hydrogens (tertiary/aromatic N) is 2. The highest BCUT2D eigenvalue weighted by Gasteiger charge is 2.21. The van der Waals surface area contributed by atoms with Crippen LogP contribution in [0.3, 0.4) is 0 Å². The molecular formula is C28H39N3O2. The molecular weight excluding hydrogens is 410 g/mol. The van der Waals surface area contributed by atoms with Crippen LogP contribution in [-0.2, 0) is 11.3 Å². The zero-order chi connectivity index (χ0) is 23.8. The number of ether oxygens (including phenoxy) is 1. The molecule has 3 rings (SSSR count). The Hall–Kier alpha value is -2.82. The molecule has 1 amide bonds. The molecule has 1 aromatic heterocycles. The molecule has 1 unspecified atom stereocenters. The largest absolute Gasteiger partial charge is 0.494 e. The van der Waals surface area contributed by atoms with Gasteiger partial charge in [0.25, 0.3) is 0 Å². The molecule has 0 saturated carbocycles. The first-order chi connectivity index (χ1) is 15.9. The standard InChI is InChI=1S/C28H39N3O2/c1-6-22(7-2)28(32)29-21(5)27-30-25-12-8-9-13-26(25)31(27)18-10-11-19-33-24-16-14-23(15-17-24)20(3)4/h8-9,12-17,20-22H,6-7,10-11,18-19H2,1-5H3,(H,29,32). The van der Waals surface area contributed by atoms with E-state index in [0.717, 1.165) is 54.8 Å². The summed E-state index contributed by atoms with van der Waals surface area (Å²) in [4.78, 5) is 17.5. The molecule has 5 nitrogen and oxygen atoms in total. The lowest BCUT2D eigenvalue weighted by atomic mass is 10.0. The molecule has 0 saturated heterocycles. The molecule has 2 aromatic carbocycles. The minimum atomic E-state index is -0.138. The van der Waals surface area contributed by atoms with Gasteiger partial charge in [0.15, 0.2) is 0 Å². The van der Waals surface area contributed by atoms with Gasteiger partial charge < -0.3 is 14.6 Å². The third-order valence-electron chi connectivity index (χ3n) is 6.38. The highest BCUT2D eigenvalue weighted by atomic mass is 16.5. The van der Waals surface area contributed by atoms with Crippen LogP contribution < -0.4 is 10.1 Å². The van der Waals surface area contributed by atoms with E-state index in [-0.39, 0.29) is 17.9 Å². The molecule has 0 aliphatic rings. The Morgan fingerprint density at radius 1 is 1.00 bits per heavy atom. The number of imidazole rings is 1. The summed E-state index contributed by atoms with van der Waals surface area (Å²) in [5.74, 6) is 2.53. The fourth-order valence-electron chi connectivity index (χ4n) is 4.23. The number of aromatic nitrogens is 2. The molecule has 0 aliphatic carbocycles. The maximum Gasteiger partial charge on any atom is 0.223 e. The van der Waals surface area contributed by atoms with Gasteiger partial charge in [0.1, 0.15) is 11.6 Å². The Bertz CT molecular complexity index is 1020. The van der Waals surface area contributed by atoms with E-state index in [1.165, 1.54) is 5.56 Å². The van der Waals surface area contributed by atoms with Crippen molar-refractivity contribution in [1.82, 2.24) is 14.9 Å². The van der Waals surface area contributed by atoms with Crippen LogP contribution in [0.4, 0.5) is 0 Å². The summed E-state index contributed by atoms with van der Waals surface area (Å²) in [5.41, 5.74) is 3.41. The van der Waals surface area contributed by atoms with E-state index in [4.69, 9.17) is 9.72 Å². The van der Waals surface area contributed by atoms with Gasteiger partial charge in [0, 0.05) is 12.5 Å². The van der Waals surface area contributed by atoms with Gasteiger partial charge in [0.2, 0.25) is 5.91 Å². The number of hydrogen-bond donors (Lipinski definition) is 1. The monoisotopic (exact) mass is 449 g/mol. The van der Waals surface area contributed by atoms with Gasteiger partial charge in [0.05, 0.1) is 23.7 Å². The summed E-state index contributed by atoms with van der Waals surface area (Å²) in [7, 11) is 0. The number of nitrogens with one attached hydrogen (secondary N) is 1. The number of carbonyl (C=O) groups excluding carboxylic acids is 1. The molecule has 178 valence electrons. The second-order valence-electron chi connectivity index (χ2n) is 9.13. The average molecular weight is 450 g/mol. The van der Waals surface area contributed by atoms with Gasteiger partial charge in [-0.25, -0.2) is 4.98 Å². The molecule has 0 fully saturated rings. The van der Waals surface area contributed by atoms with E-state index in [0.29, 0.717) is 12.5 Å². The van der Waals surface area contributed by atoms with Crippen LogP contribution in [0.15, 0.2) is 48.5 Å². The fraction of sp³-hybridized carbons (Fsp3) is 0.500. The molecule has 0 radical (unpaired) electrons. The second-order valence-corrected chi connectivity index (χ2v) is 9.13. The maximum absolute atomic E-state index is 12.6. The summed E-state index contributed by atoms with van der Waals surface area (Å²) in [6, 6.07) is 16.4. The smallest absolute Gasteiger partial charge is 0.223 e. The quantitative estimate of drug-likeness (QED) is 0.316. The number of aryl methyl sites for hydroxylation is 1. The number of para-hydroxylation sites is 2. The molecule has 0 aliphatic heterocycles. The van der Waals surface area contributed by atoms with Crippen molar-refractivity contribution in [1.29, 1.82) is 0 Å². The average Bonchev–Trinajstić information content (AvgIpc) is 3.19. The minimum absolute atomic E-state index is 0.0528. The first-order valence-corrected chi connectivity index (χ1v) is 12.4. The zero-order valence-electron chi connectivity index (χ0n) is 20.8. The van der Waals surface area contributed by atoms with E-state index in [1.54, 1.807) is 0 Å². The van der Waals surface area contributed by atoms with Crippen molar-refractivity contribution in [3.05, 3.63) is 59.9 Å². The Kier molecular flexibility index (Phi) is 8.93. The summed E-state index contributed by atoms with van der Waals surface area (Å²) < 4.78 is 8.20. The third kappa shape index (κ3) is 6.37. The van der Waals surface area contributed by atoms with Crippen molar-refractivity contribution in [2.45, 2.75) is 78.8 Å². The number of carbonyl (C=O) groups is 1. The lowest BCUT2D eigenvalue weighted by Gasteiger charge is -2.19. The summed E-state index contributed by atoms with van der Waals surface area (Å²) in [6.45, 7) is 12.1. The fourth-order valence-corrected chi connectivity index (χ4v) is 4.23.